The van der Waals surface area contributed by atoms with Gasteiger partial charge in [-0.15, -0.1) is 0 Å². The van der Waals surface area contributed by atoms with E-state index < -0.39 is 0 Å². The molecule has 0 unspecified atom stereocenters. The standard InChI is InChI=1S/C18H17N3O/c19-14-16-8-4-5-9-17(16)20-10-12-21(13-11-20)18(22)15-6-2-1-3-7-15/h1-9H,10-13H2. The van der Waals surface area contributed by atoms with Gasteiger partial charge >= 0.3 is 0 Å². The van der Waals surface area contributed by atoms with Crippen LogP contribution in [0.1, 0.15) is 15.9 Å². The number of amides is 1. The molecule has 1 aliphatic rings. The van der Waals surface area contributed by atoms with Gasteiger partial charge in [0, 0.05) is 31.7 Å². The molecule has 1 heterocycles. The zero-order chi connectivity index (χ0) is 15.4. The first kappa shape index (κ1) is 14.2. The van der Waals surface area contributed by atoms with Crippen LogP contribution in [0.2, 0.25) is 0 Å². The van der Waals surface area contributed by atoms with Gasteiger partial charge in [-0.05, 0) is 24.3 Å². The Kier molecular flexibility index (Phi) is 4.06. The van der Waals surface area contributed by atoms with Crippen molar-refractivity contribution in [1.82, 2.24) is 4.90 Å². The lowest BCUT2D eigenvalue weighted by atomic mass is 10.1. The molecule has 4 nitrogen and oxygen atoms in total. The lowest BCUT2D eigenvalue weighted by Crippen LogP contribution is -2.49. The number of nitrogens with zero attached hydrogens (tertiary/aromatic N) is 3. The molecule has 0 aliphatic carbocycles. The van der Waals surface area contributed by atoms with Crippen LogP contribution in [0.15, 0.2) is 54.6 Å². The summed E-state index contributed by atoms with van der Waals surface area (Å²) >= 11 is 0. The molecule has 1 aliphatic heterocycles. The third-order valence-electron chi connectivity index (χ3n) is 3.95. The van der Waals surface area contributed by atoms with Gasteiger partial charge in [-0.25, -0.2) is 0 Å². The van der Waals surface area contributed by atoms with Crippen LogP contribution in [0, 0.1) is 11.3 Å². The number of para-hydroxylation sites is 1. The minimum Gasteiger partial charge on any atom is -0.367 e. The highest BCUT2D eigenvalue weighted by Crippen LogP contribution is 2.21. The Bertz CT molecular complexity index is 698. The van der Waals surface area contributed by atoms with Crippen LogP contribution in [0.25, 0.3) is 0 Å². The molecule has 4 heteroatoms. The van der Waals surface area contributed by atoms with E-state index in [0.29, 0.717) is 18.7 Å². The fraction of sp³-hybridized carbons (Fsp3) is 0.222. The molecule has 1 saturated heterocycles. The predicted molar refractivity (Wildman–Crippen MR) is 85.7 cm³/mol. The van der Waals surface area contributed by atoms with Crippen molar-refractivity contribution in [3.05, 3.63) is 65.7 Å². The van der Waals surface area contributed by atoms with E-state index >= 15 is 0 Å². The lowest BCUT2D eigenvalue weighted by Gasteiger charge is -2.36. The number of rotatable bonds is 2. The Morgan fingerprint density at radius 2 is 1.55 bits per heavy atom. The predicted octanol–water partition coefficient (Wildman–Crippen LogP) is 2.52. The number of nitriles is 1. The minimum absolute atomic E-state index is 0.0776. The summed E-state index contributed by atoms with van der Waals surface area (Å²) in [6.07, 6.45) is 0. The van der Waals surface area contributed by atoms with E-state index in [4.69, 9.17) is 0 Å². The topological polar surface area (TPSA) is 47.3 Å². The van der Waals surface area contributed by atoms with E-state index in [-0.39, 0.29) is 5.91 Å². The van der Waals surface area contributed by atoms with Crippen LogP contribution in [-0.2, 0) is 0 Å². The maximum Gasteiger partial charge on any atom is 0.253 e. The zero-order valence-corrected chi connectivity index (χ0v) is 12.3. The van der Waals surface area contributed by atoms with Crippen LogP contribution in [-0.4, -0.2) is 37.0 Å². The smallest absolute Gasteiger partial charge is 0.253 e. The van der Waals surface area contributed by atoms with Crippen molar-refractivity contribution in [2.45, 2.75) is 0 Å². The monoisotopic (exact) mass is 291 g/mol. The summed E-state index contributed by atoms with van der Waals surface area (Å²) in [7, 11) is 0. The van der Waals surface area contributed by atoms with Gasteiger partial charge < -0.3 is 9.80 Å². The molecule has 0 N–H and O–H groups in total. The number of piperazine rings is 1. The largest absolute Gasteiger partial charge is 0.367 e. The van der Waals surface area contributed by atoms with Crippen molar-refractivity contribution in [1.29, 1.82) is 5.26 Å². The maximum atomic E-state index is 12.4. The molecule has 0 saturated carbocycles. The van der Waals surface area contributed by atoms with E-state index in [2.05, 4.69) is 11.0 Å². The fourth-order valence-corrected chi connectivity index (χ4v) is 2.76. The van der Waals surface area contributed by atoms with Crippen LogP contribution >= 0.6 is 0 Å². The average molecular weight is 291 g/mol. The molecule has 0 radical (unpaired) electrons. The molecule has 0 spiro atoms. The quantitative estimate of drug-likeness (QED) is 0.854. The molecule has 22 heavy (non-hydrogen) atoms. The van der Waals surface area contributed by atoms with E-state index in [1.165, 1.54) is 0 Å². The van der Waals surface area contributed by atoms with Crippen molar-refractivity contribution in [2.24, 2.45) is 0 Å². The van der Waals surface area contributed by atoms with Crippen molar-refractivity contribution in [3.8, 4) is 6.07 Å². The Hall–Kier alpha value is -2.80. The molecule has 1 amide bonds. The molecule has 0 bridgehead atoms. The first-order chi connectivity index (χ1) is 10.8. The van der Waals surface area contributed by atoms with Gasteiger partial charge in [0.15, 0.2) is 0 Å². The normalized spacial score (nSPS) is 14.5. The molecule has 0 atom stereocenters. The highest BCUT2D eigenvalue weighted by Gasteiger charge is 2.23. The molecule has 0 aromatic heterocycles. The van der Waals surface area contributed by atoms with Gasteiger partial charge in [-0.1, -0.05) is 30.3 Å². The van der Waals surface area contributed by atoms with Crippen molar-refractivity contribution < 1.29 is 4.79 Å². The summed E-state index contributed by atoms with van der Waals surface area (Å²) in [5.41, 5.74) is 2.37. The summed E-state index contributed by atoms with van der Waals surface area (Å²) in [5.74, 6) is 0.0776. The van der Waals surface area contributed by atoms with Crippen LogP contribution in [0.5, 0.6) is 0 Å². The van der Waals surface area contributed by atoms with Gasteiger partial charge in [0.1, 0.15) is 6.07 Å². The Balaban J connectivity index is 1.68. The SMILES string of the molecule is N#Cc1ccccc1N1CCN(C(=O)c2ccccc2)CC1. The van der Waals surface area contributed by atoms with E-state index in [0.717, 1.165) is 24.3 Å². The summed E-state index contributed by atoms with van der Waals surface area (Å²) in [5, 5.41) is 9.20. The van der Waals surface area contributed by atoms with E-state index in [9.17, 15) is 10.1 Å². The molecule has 110 valence electrons. The summed E-state index contributed by atoms with van der Waals surface area (Å²) in [4.78, 5) is 16.5. The molecular formula is C18H17N3O. The number of hydrogen-bond donors (Lipinski definition) is 0. The third-order valence-corrected chi connectivity index (χ3v) is 3.95. The molecule has 2 aromatic carbocycles. The lowest BCUT2D eigenvalue weighted by molar-refractivity contribution is 0.0747. The van der Waals surface area contributed by atoms with Crippen molar-refractivity contribution in [2.75, 3.05) is 31.1 Å². The fourth-order valence-electron chi connectivity index (χ4n) is 2.76. The molecule has 3 rings (SSSR count). The van der Waals surface area contributed by atoms with Gasteiger partial charge in [0.25, 0.3) is 5.91 Å². The molecule has 2 aromatic rings. The molecular weight excluding hydrogens is 274 g/mol. The van der Waals surface area contributed by atoms with Gasteiger partial charge in [0.2, 0.25) is 0 Å². The number of hydrogen-bond acceptors (Lipinski definition) is 3. The number of benzene rings is 2. The van der Waals surface area contributed by atoms with Crippen LogP contribution < -0.4 is 4.90 Å². The second-order valence-corrected chi connectivity index (χ2v) is 5.27. The Morgan fingerprint density at radius 3 is 2.23 bits per heavy atom. The minimum atomic E-state index is 0.0776. The number of anilines is 1. The second-order valence-electron chi connectivity index (χ2n) is 5.27. The third kappa shape index (κ3) is 2.79. The van der Waals surface area contributed by atoms with Gasteiger partial charge in [-0.2, -0.15) is 5.26 Å². The Labute approximate surface area is 130 Å². The van der Waals surface area contributed by atoms with Gasteiger partial charge in [0.05, 0.1) is 11.3 Å². The van der Waals surface area contributed by atoms with E-state index in [1.54, 1.807) is 0 Å². The van der Waals surface area contributed by atoms with Gasteiger partial charge in [-0.3, -0.25) is 4.79 Å². The summed E-state index contributed by atoms with van der Waals surface area (Å²) in [6.45, 7) is 2.84. The average Bonchev–Trinajstić information content (AvgIpc) is 2.62. The highest BCUT2D eigenvalue weighted by atomic mass is 16.2. The molecule has 1 fully saturated rings. The van der Waals surface area contributed by atoms with Crippen LogP contribution in [0.4, 0.5) is 5.69 Å². The highest BCUT2D eigenvalue weighted by molar-refractivity contribution is 5.94. The first-order valence-electron chi connectivity index (χ1n) is 7.38. The second kappa shape index (κ2) is 6.31. The maximum absolute atomic E-state index is 12.4. The zero-order valence-electron chi connectivity index (χ0n) is 12.3. The number of carbonyl (C=O) groups is 1. The van der Waals surface area contributed by atoms with Crippen molar-refractivity contribution >= 4 is 11.6 Å². The number of carbonyl (C=O) groups excluding carboxylic acids is 1. The Morgan fingerprint density at radius 1 is 0.909 bits per heavy atom. The van der Waals surface area contributed by atoms with E-state index in [1.807, 2.05) is 59.5 Å². The first-order valence-corrected chi connectivity index (χ1v) is 7.38. The summed E-state index contributed by atoms with van der Waals surface area (Å²) < 4.78 is 0. The van der Waals surface area contributed by atoms with Crippen molar-refractivity contribution in [3.63, 3.8) is 0 Å². The van der Waals surface area contributed by atoms with Crippen LogP contribution in [0.3, 0.4) is 0 Å². The summed E-state index contributed by atoms with van der Waals surface area (Å²) in [6, 6.07) is 19.2.